The lowest BCUT2D eigenvalue weighted by atomic mass is 10.1. The van der Waals surface area contributed by atoms with Crippen molar-refractivity contribution in [2.75, 3.05) is 11.6 Å². The lowest BCUT2D eigenvalue weighted by Crippen LogP contribution is -2.37. The van der Waals surface area contributed by atoms with Crippen molar-refractivity contribution in [3.63, 3.8) is 0 Å². The molecular formula is C17H23ClN2O2. The summed E-state index contributed by atoms with van der Waals surface area (Å²) in [4.78, 5) is 19.4. The first-order valence-electron chi connectivity index (χ1n) is 7.84. The quantitative estimate of drug-likeness (QED) is 0.449. The highest BCUT2D eigenvalue weighted by Gasteiger charge is 2.22. The van der Waals surface area contributed by atoms with Crippen LogP contribution in [-0.2, 0) is 16.1 Å². The number of alkyl halides is 1. The Morgan fingerprint density at radius 1 is 1.36 bits per heavy atom. The standard InChI is InChI=1S/C17H23ClN2O2/c1-3-14-8-4-7-11-16(14)20(17(21)13(2)18)12-22-19-15-9-5-6-10-15/h4,7-8,11,13H,3,5-6,9-10,12H2,1-2H3. The summed E-state index contributed by atoms with van der Waals surface area (Å²) in [7, 11) is 0. The Morgan fingerprint density at radius 3 is 2.68 bits per heavy atom. The molecule has 0 bridgehead atoms. The van der Waals surface area contributed by atoms with Crippen molar-refractivity contribution in [3.8, 4) is 0 Å². The fourth-order valence-corrected chi connectivity index (χ4v) is 2.71. The molecule has 0 N–H and O–H groups in total. The summed E-state index contributed by atoms with van der Waals surface area (Å²) in [5, 5.41) is 3.56. The molecule has 0 aliphatic heterocycles. The number of carbonyl (C=O) groups excluding carboxylic acids is 1. The van der Waals surface area contributed by atoms with Gasteiger partial charge >= 0.3 is 0 Å². The van der Waals surface area contributed by atoms with Crippen molar-refractivity contribution in [2.24, 2.45) is 5.16 Å². The zero-order chi connectivity index (χ0) is 15.9. The van der Waals surface area contributed by atoms with Crippen LogP contribution in [0.1, 0.15) is 45.1 Å². The maximum atomic E-state index is 12.4. The number of aryl methyl sites for hydroxylation is 1. The maximum Gasteiger partial charge on any atom is 0.247 e. The van der Waals surface area contributed by atoms with Crippen LogP contribution in [0.2, 0.25) is 0 Å². The Bertz CT molecular complexity index is 535. The van der Waals surface area contributed by atoms with Crippen molar-refractivity contribution in [1.29, 1.82) is 0 Å². The molecule has 1 aromatic rings. The van der Waals surface area contributed by atoms with Gasteiger partial charge < -0.3 is 4.84 Å². The number of para-hydroxylation sites is 1. The van der Waals surface area contributed by atoms with Gasteiger partial charge in [0.15, 0.2) is 6.73 Å². The first-order chi connectivity index (χ1) is 10.6. The lowest BCUT2D eigenvalue weighted by molar-refractivity contribution is -0.119. The third-order valence-corrected chi connectivity index (χ3v) is 4.02. The predicted octanol–water partition coefficient (Wildman–Crippen LogP) is 4.11. The molecule has 2 rings (SSSR count). The van der Waals surface area contributed by atoms with Crippen molar-refractivity contribution in [3.05, 3.63) is 29.8 Å². The van der Waals surface area contributed by atoms with Crippen LogP contribution in [0.5, 0.6) is 0 Å². The second kappa shape index (κ2) is 8.18. The molecule has 4 nitrogen and oxygen atoms in total. The number of anilines is 1. The molecule has 1 fully saturated rings. The van der Waals surface area contributed by atoms with Gasteiger partial charge in [0.25, 0.3) is 0 Å². The lowest BCUT2D eigenvalue weighted by Gasteiger charge is -2.24. The zero-order valence-corrected chi connectivity index (χ0v) is 14.0. The van der Waals surface area contributed by atoms with E-state index >= 15 is 0 Å². The fourth-order valence-electron chi connectivity index (χ4n) is 2.59. The number of benzene rings is 1. The molecule has 1 atom stereocenters. The van der Waals surface area contributed by atoms with Gasteiger partial charge in [-0.15, -0.1) is 11.6 Å². The van der Waals surface area contributed by atoms with E-state index < -0.39 is 5.38 Å². The van der Waals surface area contributed by atoms with Crippen LogP contribution in [-0.4, -0.2) is 23.7 Å². The molecule has 1 amide bonds. The van der Waals surface area contributed by atoms with E-state index in [1.165, 1.54) is 12.8 Å². The summed E-state index contributed by atoms with van der Waals surface area (Å²) in [6.45, 7) is 3.83. The monoisotopic (exact) mass is 322 g/mol. The van der Waals surface area contributed by atoms with Crippen LogP contribution in [0.4, 0.5) is 5.69 Å². The van der Waals surface area contributed by atoms with Gasteiger partial charge in [0, 0.05) is 0 Å². The molecule has 1 unspecified atom stereocenters. The summed E-state index contributed by atoms with van der Waals surface area (Å²) in [6.07, 6.45) is 5.16. The second-order valence-corrected chi connectivity index (χ2v) is 6.14. The van der Waals surface area contributed by atoms with Crippen LogP contribution in [0, 0.1) is 0 Å². The van der Waals surface area contributed by atoms with E-state index in [0.717, 1.165) is 36.2 Å². The smallest absolute Gasteiger partial charge is 0.247 e. The van der Waals surface area contributed by atoms with E-state index in [0.29, 0.717) is 0 Å². The van der Waals surface area contributed by atoms with E-state index in [4.69, 9.17) is 16.4 Å². The first-order valence-corrected chi connectivity index (χ1v) is 8.28. The summed E-state index contributed by atoms with van der Waals surface area (Å²) in [5.41, 5.74) is 3.01. The normalized spacial score (nSPS) is 15.5. The van der Waals surface area contributed by atoms with Gasteiger partial charge in [-0.2, -0.15) is 0 Å². The minimum absolute atomic E-state index is 0.0937. The molecule has 0 aromatic heterocycles. The Hall–Kier alpha value is -1.55. The molecule has 0 radical (unpaired) electrons. The summed E-state index contributed by atoms with van der Waals surface area (Å²) in [6, 6.07) is 7.81. The molecule has 1 aliphatic rings. The predicted molar refractivity (Wildman–Crippen MR) is 90.5 cm³/mol. The Kier molecular flexibility index (Phi) is 6.25. The number of hydrogen-bond donors (Lipinski definition) is 0. The van der Waals surface area contributed by atoms with Gasteiger partial charge in [-0.1, -0.05) is 30.3 Å². The molecule has 0 spiro atoms. The van der Waals surface area contributed by atoms with Crippen LogP contribution in [0.25, 0.3) is 0 Å². The summed E-state index contributed by atoms with van der Waals surface area (Å²) in [5.74, 6) is -0.172. The minimum atomic E-state index is -0.604. The van der Waals surface area contributed by atoms with Gasteiger partial charge in [-0.3, -0.25) is 9.69 Å². The van der Waals surface area contributed by atoms with Gasteiger partial charge in [-0.25, -0.2) is 0 Å². The van der Waals surface area contributed by atoms with Crippen LogP contribution >= 0.6 is 11.6 Å². The van der Waals surface area contributed by atoms with E-state index in [-0.39, 0.29) is 12.6 Å². The SMILES string of the molecule is CCc1ccccc1N(CON=C1CCCC1)C(=O)C(C)Cl. The minimum Gasteiger partial charge on any atom is -0.373 e. The third kappa shape index (κ3) is 4.23. The number of carbonyl (C=O) groups is 1. The highest BCUT2D eigenvalue weighted by atomic mass is 35.5. The molecule has 5 heteroatoms. The van der Waals surface area contributed by atoms with Crippen molar-refractivity contribution in [1.82, 2.24) is 0 Å². The number of oxime groups is 1. The van der Waals surface area contributed by atoms with Gasteiger partial charge in [0.1, 0.15) is 5.38 Å². The zero-order valence-electron chi connectivity index (χ0n) is 13.2. The van der Waals surface area contributed by atoms with Crippen LogP contribution in [0.15, 0.2) is 29.4 Å². The van der Waals surface area contributed by atoms with Crippen LogP contribution < -0.4 is 4.90 Å². The molecule has 0 saturated heterocycles. The van der Waals surface area contributed by atoms with Crippen molar-refractivity contribution >= 4 is 28.9 Å². The first kappa shape index (κ1) is 16.8. The van der Waals surface area contributed by atoms with Crippen molar-refractivity contribution < 1.29 is 9.63 Å². The number of amides is 1. The van der Waals surface area contributed by atoms with Crippen molar-refractivity contribution in [2.45, 2.75) is 51.3 Å². The number of rotatable bonds is 6. The molecular weight excluding hydrogens is 300 g/mol. The molecule has 1 aromatic carbocycles. The molecule has 0 heterocycles. The Balaban J connectivity index is 2.15. The Labute approximate surface area is 137 Å². The summed E-state index contributed by atoms with van der Waals surface area (Å²) < 4.78 is 0. The average Bonchev–Trinajstić information content (AvgIpc) is 3.04. The van der Waals surface area contributed by atoms with Gasteiger partial charge in [-0.05, 0) is 50.7 Å². The van der Waals surface area contributed by atoms with E-state index in [1.807, 2.05) is 24.3 Å². The fraction of sp³-hybridized carbons (Fsp3) is 0.529. The molecule has 1 aliphatic carbocycles. The number of hydrogen-bond acceptors (Lipinski definition) is 3. The Morgan fingerprint density at radius 2 is 2.05 bits per heavy atom. The van der Waals surface area contributed by atoms with Crippen LogP contribution in [0.3, 0.4) is 0 Å². The maximum absolute atomic E-state index is 12.4. The highest BCUT2D eigenvalue weighted by Crippen LogP contribution is 2.23. The topological polar surface area (TPSA) is 41.9 Å². The molecule has 22 heavy (non-hydrogen) atoms. The third-order valence-electron chi connectivity index (χ3n) is 3.83. The number of nitrogens with zero attached hydrogens (tertiary/aromatic N) is 2. The van der Waals surface area contributed by atoms with E-state index in [1.54, 1.807) is 11.8 Å². The van der Waals surface area contributed by atoms with Gasteiger partial charge in [0.2, 0.25) is 5.91 Å². The second-order valence-electron chi connectivity index (χ2n) is 5.49. The molecule has 1 saturated carbocycles. The molecule has 120 valence electrons. The number of halogens is 1. The van der Waals surface area contributed by atoms with E-state index in [2.05, 4.69) is 12.1 Å². The summed E-state index contributed by atoms with van der Waals surface area (Å²) >= 11 is 5.99. The average molecular weight is 323 g/mol. The highest BCUT2D eigenvalue weighted by molar-refractivity contribution is 6.32. The van der Waals surface area contributed by atoms with E-state index in [9.17, 15) is 4.79 Å². The largest absolute Gasteiger partial charge is 0.373 e. The van der Waals surface area contributed by atoms with Gasteiger partial charge in [0.05, 0.1) is 11.4 Å².